The number of aromatic amines is 3. The number of nitrogens with one attached hydrogen (secondary N) is 13. The molecule has 0 aliphatic carbocycles. The maximum atomic E-state index is 15.7. The molecule has 0 bridgehead atoms. The van der Waals surface area contributed by atoms with E-state index in [0.717, 1.165) is 26.5 Å². The summed E-state index contributed by atoms with van der Waals surface area (Å²) in [6.07, 6.45) is 3.66. The van der Waals surface area contributed by atoms with Gasteiger partial charge in [-0.1, -0.05) is 120 Å². The van der Waals surface area contributed by atoms with E-state index in [1.54, 1.807) is 105 Å². The molecular weight excluding hydrogens is 1690 g/mol. The van der Waals surface area contributed by atoms with E-state index in [1.165, 1.54) is 57.4 Å². The maximum absolute atomic E-state index is 15.7. The van der Waals surface area contributed by atoms with E-state index in [9.17, 15) is 72.5 Å². The van der Waals surface area contributed by atoms with E-state index < -0.39 is 229 Å². The van der Waals surface area contributed by atoms with Gasteiger partial charge >= 0.3 is 0 Å². The smallest absolute Gasteiger partial charge is 0.246 e. The molecule has 2 fully saturated rings. The molecule has 0 radical (unpaired) electrons. The zero-order valence-corrected chi connectivity index (χ0v) is 74.8. The average Bonchev–Trinajstić information content (AvgIpc) is 1.39. The number of imidazole rings is 1. The van der Waals surface area contributed by atoms with Crippen LogP contribution < -0.4 is 70.4 Å². The molecule has 14 atom stereocenters. The molecule has 17 amide bonds. The third-order valence-corrected chi connectivity index (χ3v) is 23.8. The quantitative estimate of drug-likeness (QED) is 0.0292. The summed E-state index contributed by atoms with van der Waals surface area (Å²) in [5.74, 6) is -17.5. The van der Waals surface area contributed by atoms with E-state index >= 15 is 19.2 Å². The minimum Gasteiger partial charge on any atom is -0.394 e. The highest BCUT2D eigenvalue weighted by Crippen LogP contribution is 2.27. The summed E-state index contributed by atoms with van der Waals surface area (Å²) in [6, 6.07) is 2.65. The average molecular weight is 1810 g/mol. The first kappa shape index (κ1) is 102. The second-order valence-corrected chi connectivity index (χ2v) is 34.1. The molecule has 2 saturated heterocycles. The number of aromatic nitrogens is 4. The zero-order valence-electron chi connectivity index (χ0n) is 74.0. The predicted octanol–water partition coefficient (Wildman–Crippen LogP) is -2.73. The van der Waals surface area contributed by atoms with Crippen molar-refractivity contribution in [2.24, 2.45) is 23.1 Å². The van der Waals surface area contributed by atoms with Gasteiger partial charge in [0.05, 0.1) is 56.7 Å². The molecular formula is C87H122N22O19S. The highest BCUT2D eigenvalue weighted by molar-refractivity contribution is 8.00. The van der Waals surface area contributed by atoms with Gasteiger partial charge in [0.2, 0.25) is 100 Å². The van der Waals surface area contributed by atoms with Gasteiger partial charge in [0.25, 0.3) is 0 Å². The number of likely N-dealkylation sites (N-methyl/N-ethyl adjacent to an activating group) is 4. The van der Waals surface area contributed by atoms with Crippen molar-refractivity contribution in [3.05, 3.63) is 126 Å². The van der Waals surface area contributed by atoms with Crippen molar-refractivity contribution in [1.82, 2.24) is 97.6 Å². The van der Waals surface area contributed by atoms with Gasteiger partial charge in [-0.2, -0.15) is 0 Å². The number of rotatable bonds is 24. The number of aliphatic hydroxyl groups is 2. The number of amides is 17. The molecule has 6 aromatic rings. The molecule has 700 valence electrons. The molecule has 129 heavy (non-hydrogen) atoms. The Morgan fingerprint density at radius 2 is 1.08 bits per heavy atom. The van der Waals surface area contributed by atoms with Gasteiger partial charge in [0.1, 0.15) is 72.7 Å². The van der Waals surface area contributed by atoms with Crippen LogP contribution >= 0.6 is 11.8 Å². The van der Waals surface area contributed by atoms with Gasteiger partial charge in [-0.15, -0.1) is 11.8 Å². The van der Waals surface area contributed by atoms with E-state index in [2.05, 4.69) is 73.1 Å². The molecule has 0 saturated carbocycles. The van der Waals surface area contributed by atoms with E-state index in [4.69, 9.17) is 17.2 Å². The third-order valence-electron chi connectivity index (χ3n) is 22.8. The molecule has 2 aliphatic heterocycles. The normalized spacial score (nSPS) is 24.5. The number of unbranched alkanes of at least 4 members (excludes halogenated alkanes) is 2. The Morgan fingerprint density at radius 3 is 1.67 bits per heavy atom. The molecule has 41 nitrogen and oxygen atoms in total. The predicted molar refractivity (Wildman–Crippen MR) is 475 cm³/mol. The second-order valence-electron chi connectivity index (χ2n) is 33.0. The van der Waals surface area contributed by atoms with Crippen LogP contribution in [-0.2, 0) is 107 Å². The van der Waals surface area contributed by atoms with Gasteiger partial charge in [-0.25, -0.2) is 4.98 Å². The topological polar surface area (TPSA) is 605 Å². The molecule has 42 heteroatoms. The molecule has 2 aliphatic rings. The first-order chi connectivity index (χ1) is 61.4. The number of aliphatic hydroxyl groups excluding tert-OH is 2. The number of benzene rings is 3. The molecule has 21 N–H and O–H groups in total. The number of thioether (sulfide) groups is 1. The summed E-state index contributed by atoms with van der Waals surface area (Å²) in [4.78, 5) is 263. The Bertz CT molecular complexity index is 4930. The number of carbonyl (C=O) groups is 17. The van der Waals surface area contributed by atoms with Crippen LogP contribution in [0.2, 0.25) is 0 Å². The third kappa shape index (κ3) is 29.1. The summed E-state index contributed by atoms with van der Waals surface area (Å²) in [5.41, 5.74) is 20.1. The maximum Gasteiger partial charge on any atom is 0.246 e. The Labute approximate surface area is 750 Å². The highest BCUT2D eigenvalue weighted by atomic mass is 32.2. The lowest BCUT2D eigenvalue weighted by molar-refractivity contribution is -0.147. The van der Waals surface area contributed by atoms with Crippen LogP contribution in [0.1, 0.15) is 128 Å². The number of nitrogens with two attached hydrogens (primary N) is 3. The Balaban J connectivity index is 1.17. The Kier molecular flexibility index (Phi) is 38.5. The van der Waals surface area contributed by atoms with Crippen molar-refractivity contribution in [1.29, 1.82) is 0 Å². The largest absolute Gasteiger partial charge is 0.394 e. The fourth-order valence-corrected chi connectivity index (χ4v) is 16.4. The van der Waals surface area contributed by atoms with Gasteiger partial charge in [-0.05, 0) is 80.8 Å². The summed E-state index contributed by atoms with van der Waals surface area (Å²) in [6.45, 7) is 5.88. The lowest BCUT2D eigenvalue weighted by Gasteiger charge is -2.41. The molecule has 3 aromatic heterocycles. The van der Waals surface area contributed by atoms with Crippen LogP contribution in [0.3, 0.4) is 0 Å². The Morgan fingerprint density at radius 1 is 0.550 bits per heavy atom. The van der Waals surface area contributed by atoms with Crippen LogP contribution in [0, 0.1) is 5.92 Å². The Hall–Kier alpha value is -12.8. The van der Waals surface area contributed by atoms with E-state index in [1.807, 2.05) is 13.8 Å². The van der Waals surface area contributed by atoms with Crippen molar-refractivity contribution < 1.29 is 91.7 Å². The first-order valence-corrected chi connectivity index (χ1v) is 44.2. The SMILES string of the molecule is CCCC[C@H]1C(O)N(C)[C@@H](CCCC)C(=O)N[C@@H](CC(N)=O)C(=O)N[C@H](C(=O)NCC(N)=O)CSCC(=O)N[C@@H](Cc2ccccc2)C(=O)N(C)[C@@H](C)C(=O)N[C@@H](CC(N)=O)C(=O)N2CCC[C@H]2C(=O)N[C@@H](Cc2cnc[nH]2)C(=O)N[C@@H](CC(C)C)C(=O)N(C)CC(=O)N[C@@H](Cc2c[nH]c3ccccc23)C(=O)N[C@@H](CO)C(=O)N[C@@H](Cc2c[nH]c3ccccc23)C(=O)N1C. The van der Waals surface area contributed by atoms with Crippen molar-refractivity contribution in [3.8, 4) is 0 Å². The monoisotopic (exact) mass is 1810 g/mol. The van der Waals surface area contributed by atoms with E-state index in [0.29, 0.717) is 69.9 Å². The van der Waals surface area contributed by atoms with Crippen molar-refractivity contribution in [3.63, 3.8) is 0 Å². The molecule has 5 heterocycles. The van der Waals surface area contributed by atoms with Gasteiger partial charge in [0.15, 0.2) is 0 Å². The minimum absolute atomic E-state index is 0.00697. The number of primary amides is 3. The lowest BCUT2D eigenvalue weighted by Crippen LogP contribution is -2.62. The van der Waals surface area contributed by atoms with Gasteiger partial charge in [-0.3, -0.25) is 86.4 Å². The fraction of sp³-hybridized carbons (Fsp3) is 0.517. The number of nitrogens with zero attached hydrogens (tertiary/aromatic N) is 6. The van der Waals surface area contributed by atoms with Crippen LogP contribution in [0.15, 0.2) is 104 Å². The second kappa shape index (κ2) is 48.9. The van der Waals surface area contributed by atoms with Crippen molar-refractivity contribution in [2.75, 3.05) is 65.9 Å². The number of fused-ring (bicyclic) bond motifs is 3. The molecule has 0 spiro atoms. The van der Waals surface area contributed by atoms with Crippen LogP contribution in [0.4, 0.5) is 0 Å². The van der Waals surface area contributed by atoms with Crippen LogP contribution in [0.5, 0.6) is 0 Å². The highest BCUT2D eigenvalue weighted by Gasteiger charge is 2.44. The summed E-state index contributed by atoms with van der Waals surface area (Å²) in [7, 11) is 5.31. The number of hydrogen-bond donors (Lipinski definition) is 18. The summed E-state index contributed by atoms with van der Waals surface area (Å²) >= 11 is 0.750. The zero-order chi connectivity index (χ0) is 94.5. The van der Waals surface area contributed by atoms with Crippen molar-refractivity contribution >= 4 is 134 Å². The number of para-hydroxylation sites is 2. The van der Waals surface area contributed by atoms with Crippen LogP contribution in [0.25, 0.3) is 21.8 Å². The van der Waals surface area contributed by atoms with Crippen molar-refractivity contribution in [2.45, 2.75) is 216 Å². The first-order valence-electron chi connectivity index (χ1n) is 43.0. The number of carbonyl (C=O) groups excluding carboxylic acids is 17. The molecule has 3 aromatic carbocycles. The minimum atomic E-state index is -1.85. The lowest BCUT2D eigenvalue weighted by atomic mass is 9.99. The number of H-pyrrole nitrogens is 3. The summed E-state index contributed by atoms with van der Waals surface area (Å²) in [5, 5.41) is 51.3. The van der Waals surface area contributed by atoms with Gasteiger partial charge < -0.3 is 115 Å². The van der Waals surface area contributed by atoms with E-state index in [-0.39, 0.29) is 70.3 Å². The molecule has 8 rings (SSSR count). The van der Waals surface area contributed by atoms with Crippen LogP contribution in [-0.4, -0.2) is 306 Å². The standard InChI is InChI=1S/C87H122N22O19S/c1-10-12-28-67-81(122)99-60(37-70(88)111)79(120)104-66(76(117)94-42-72(90)113)45-129-46-74(115)97-62(33-50-22-15-14-16-23-50)84(125)106(7)49(5)75(116)100-64(38-71(89)112)86(127)109-31-21-30-68(109)82(123)98-59(36-53-41-91-47-95-53)78(119)101-61(32-48(3)4)83(124)105(6)43-73(114)96-58(34-51-39-92-56-26-19-17-24-54(51)56)77(118)103-65(44-110)80(121)102-63(35-52-40-93-57-27-20-18-25-55(52)57)85(126)108(9)69(29-13-11-2)87(128)107(67)8/h14-20,22-27,39-41,47-49,58-69,87,92-93,110,128H,10-13,21,28-38,42-46H2,1-9H3,(H2,88,111)(H2,89,112)(H2,90,113)(H,91,95)(H,94,117)(H,96,114)(H,97,115)(H,98,123)(H,99,122)(H,100,116)(H,101,119)(H,102,121)(H,103,118)(H,104,120)/t49-,58-,59-,60-,61-,62-,63-,64-,65-,66-,67-,68-,69-,87?/m0/s1. The fourth-order valence-electron chi connectivity index (χ4n) is 15.6. The number of hydrogen-bond acceptors (Lipinski definition) is 22. The van der Waals surface area contributed by atoms with Gasteiger partial charge in [0, 0.05) is 105 Å². The molecule has 1 unspecified atom stereocenters. The summed E-state index contributed by atoms with van der Waals surface area (Å²) < 4.78 is 0.